The second-order valence-electron chi connectivity index (χ2n) is 11.2. The average Bonchev–Trinajstić information content (AvgIpc) is 2.98. The van der Waals surface area contributed by atoms with Gasteiger partial charge in [-0.25, -0.2) is 4.79 Å². The first-order valence-electron chi connectivity index (χ1n) is 15.0. The zero-order valence-corrected chi connectivity index (χ0v) is 26.8. The van der Waals surface area contributed by atoms with Crippen molar-refractivity contribution in [2.75, 3.05) is 46.6 Å². The minimum Gasteiger partial charge on any atom is -0.444 e. The lowest BCUT2D eigenvalue weighted by Gasteiger charge is -2.20. The van der Waals surface area contributed by atoms with Gasteiger partial charge in [0.2, 0.25) is 23.5 Å². The minimum absolute atomic E-state index is 0.0537. The molecule has 4 N–H and O–H groups in total. The fourth-order valence-electron chi connectivity index (χ4n) is 3.86. The van der Waals surface area contributed by atoms with E-state index in [1.165, 1.54) is 7.11 Å². The van der Waals surface area contributed by atoms with Crippen molar-refractivity contribution in [3.05, 3.63) is 35.7 Å². The molecule has 1 aromatic carbocycles. The maximum absolute atomic E-state index is 12.6. The topological polar surface area (TPSA) is 196 Å². The SMILES string of the molecule is COCCNC(=O)[C@H](CCCCNC(=O)OC(C)(C)C)NC(=O)CCOCCNC(=O)Cc1ccc(-c2nnc(C)nn2)cc1. The van der Waals surface area contributed by atoms with Crippen LogP contribution in [-0.2, 0) is 35.0 Å². The average molecular weight is 631 g/mol. The number of hydrogen-bond acceptors (Lipinski definition) is 11. The van der Waals surface area contributed by atoms with Crippen LogP contribution in [-0.4, -0.2) is 102 Å². The van der Waals surface area contributed by atoms with Gasteiger partial charge in [-0.05, 0) is 52.5 Å². The summed E-state index contributed by atoms with van der Waals surface area (Å²) in [5, 5.41) is 26.8. The van der Waals surface area contributed by atoms with Crippen molar-refractivity contribution < 1.29 is 33.4 Å². The van der Waals surface area contributed by atoms with E-state index in [9.17, 15) is 19.2 Å². The molecule has 15 nitrogen and oxygen atoms in total. The molecule has 0 bridgehead atoms. The van der Waals surface area contributed by atoms with Crippen LogP contribution in [0.15, 0.2) is 24.3 Å². The lowest BCUT2D eigenvalue weighted by molar-refractivity contribution is -0.129. The van der Waals surface area contributed by atoms with Gasteiger partial charge in [-0.15, -0.1) is 20.4 Å². The van der Waals surface area contributed by atoms with Gasteiger partial charge in [0.15, 0.2) is 5.82 Å². The van der Waals surface area contributed by atoms with Crippen LogP contribution in [0.4, 0.5) is 4.79 Å². The smallest absolute Gasteiger partial charge is 0.407 e. The zero-order chi connectivity index (χ0) is 33.1. The summed E-state index contributed by atoms with van der Waals surface area (Å²) in [6.07, 6.45) is 1.34. The van der Waals surface area contributed by atoms with Gasteiger partial charge < -0.3 is 35.5 Å². The number of carbonyl (C=O) groups is 4. The van der Waals surface area contributed by atoms with Crippen LogP contribution < -0.4 is 21.3 Å². The van der Waals surface area contributed by atoms with Gasteiger partial charge in [-0.3, -0.25) is 14.4 Å². The van der Waals surface area contributed by atoms with Gasteiger partial charge in [0.1, 0.15) is 11.6 Å². The van der Waals surface area contributed by atoms with E-state index in [0.29, 0.717) is 50.6 Å². The molecule has 15 heteroatoms. The summed E-state index contributed by atoms with van der Waals surface area (Å²) in [6.45, 7) is 8.77. The van der Waals surface area contributed by atoms with Gasteiger partial charge >= 0.3 is 6.09 Å². The highest BCUT2D eigenvalue weighted by molar-refractivity contribution is 5.87. The molecule has 45 heavy (non-hydrogen) atoms. The molecule has 0 saturated heterocycles. The van der Waals surface area contributed by atoms with Crippen molar-refractivity contribution in [3.8, 4) is 11.4 Å². The molecule has 0 spiro atoms. The predicted molar refractivity (Wildman–Crippen MR) is 165 cm³/mol. The highest BCUT2D eigenvalue weighted by atomic mass is 16.6. The molecule has 0 radical (unpaired) electrons. The van der Waals surface area contributed by atoms with Crippen LogP contribution in [0.25, 0.3) is 11.4 Å². The Labute approximate surface area is 264 Å². The minimum atomic E-state index is -0.734. The van der Waals surface area contributed by atoms with Crippen LogP contribution in [0.5, 0.6) is 0 Å². The lowest BCUT2D eigenvalue weighted by Crippen LogP contribution is -2.47. The van der Waals surface area contributed by atoms with Gasteiger partial charge in [-0.1, -0.05) is 24.3 Å². The summed E-state index contributed by atoms with van der Waals surface area (Å²) in [6, 6.07) is 6.52. The monoisotopic (exact) mass is 630 g/mol. The summed E-state index contributed by atoms with van der Waals surface area (Å²) >= 11 is 0. The lowest BCUT2D eigenvalue weighted by atomic mass is 10.1. The molecule has 2 aromatic rings. The number of ether oxygens (including phenoxy) is 3. The summed E-state index contributed by atoms with van der Waals surface area (Å²) in [5.74, 6) is 0.0942. The predicted octanol–water partition coefficient (Wildman–Crippen LogP) is 1.25. The largest absolute Gasteiger partial charge is 0.444 e. The molecule has 0 saturated carbocycles. The maximum atomic E-state index is 12.6. The van der Waals surface area contributed by atoms with Gasteiger partial charge in [0.25, 0.3) is 0 Å². The molecule has 0 fully saturated rings. The number of nitrogens with one attached hydrogen (secondary N) is 4. The number of alkyl carbamates (subject to hydrolysis) is 1. The summed E-state index contributed by atoms with van der Waals surface area (Å²) < 4.78 is 15.7. The number of aryl methyl sites for hydroxylation is 1. The van der Waals surface area contributed by atoms with E-state index >= 15 is 0 Å². The first-order valence-corrected chi connectivity index (χ1v) is 15.0. The van der Waals surface area contributed by atoms with E-state index in [2.05, 4.69) is 41.7 Å². The molecule has 0 aliphatic heterocycles. The molecule has 4 amide bonds. The third-order valence-electron chi connectivity index (χ3n) is 6.04. The number of hydrogen-bond donors (Lipinski definition) is 4. The number of methoxy groups -OCH3 is 1. The summed E-state index contributed by atoms with van der Waals surface area (Å²) in [5.41, 5.74) is 0.991. The molecular weight excluding hydrogens is 584 g/mol. The Morgan fingerprint density at radius 2 is 1.51 bits per heavy atom. The first kappa shape index (κ1) is 36.9. The number of benzene rings is 1. The Bertz CT molecular complexity index is 1200. The van der Waals surface area contributed by atoms with Crippen LogP contribution in [0.3, 0.4) is 0 Å². The Morgan fingerprint density at radius 3 is 2.18 bits per heavy atom. The van der Waals surface area contributed by atoms with E-state index in [0.717, 1.165) is 11.1 Å². The third-order valence-corrected chi connectivity index (χ3v) is 6.04. The van der Waals surface area contributed by atoms with Crippen molar-refractivity contribution in [2.24, 2.45) is 0 Å². The molecule has 0 unspecified atom stereocenters. The molecule has 248 valence electrons. The van der Waals surface area contributed by atoms with Crippen LogP contribution in [0.2, 0.25) is 0 Å². The Balaban J connectivity index is 1.65. The van der Waals surface area contributed by atoms with E-state index in [4.69, 9.17) is 14.2 Å². The molecule has 1 heterocycles. The number of nitrogens with zero attached hydrogens (tertiary/aromatic N) is 4. The van der Waals surface area contributed by atoms with Crippen molar-refractivity contribution in [1.29, 1.82) is 0 Å². The van der Waals surface area contributed by atoms with Crippen molar-refractivity contribution in [2.45, 2.75) is 71.4 Å². The quantitative estimate of drug-likeness (QED) is 0.163. The second kappa shape index (κ2) is 19.9. The fourth-order valence-corrected chi connectivity index (χ4v) is 3.86. The zero-order valence-electron chi connectivity index (χ0n) is 26.8. The van der Waals surface area contributed by atoms with E-state index in [-0.39, 0.29) is 50.3 Å². The Hall–Kier alpha value is -4.24. The maximum Gasteiger partial charge on any atom is 0.407 e. The van der Waals surface area contributed by atoms with Gasteiger partial charge in [-0.2, -0.15) is 0 Å². The van der Waals surface area contributed by atoms with E-state index < -0.39 is 17.7 Å². The fraction of sp³-hybridized carbons (Fsp3) is 0.600. The number of aromatic nitrogens is 4. The Morgan fingerprint density at radius 1 is 0.822 bits per heavy atom. The molecule has 1 aromatic heterocycles. The number of amides is 4. The van der Waals surface area contributed by atoms with Gasteiger partial charge in [0, 0.05) is 38.7 Å². The molecule has 1 atom stereocenters. The molecule has 2 rings (SSSR count). The van der Waals surface area contributed by atoms with Crippen LogP contribution in [0, 0.1) is 6.92 Å². The Kier molecular flexibility index (Phi) is 16.4. The van der Waals surface area contributed by atoms with Crippen molar-refractivity contribution in [3.63, 3.8) is 0 Å². The molecule has 0 aliphatic rings. The molecular formula is C30H46N8O7. The van der Waals surface area contributed by atoms with Gasteiger partial charge in [0.05, 0.1) is 26.2 Å². The molecule has 0 aliphatic carbocycles. The summed E-state index contributed by atoms with van der Waals surface area (Å²) in [7, 11) is 1.53. The standard InChI is InChI=1S/C30H46N8O7/c1-21-35-37-27(38-36-21)23-11-9-22(10-12-23)20-26(40)31-16-19-44-17-13-25(39)34-24(28(41)32-15-18-43-5)8-6-7-14-33-29(42)45-30(2,3)4/h9-12,24H,6-8,13-20H2,1-5H3,(H,31,40)(H,32,41)(H,33,42)(H,34,39)/t24-/m0/s1. The highest BCUT2D eigenvalue weighted by Crippen LogP contribution is 2.14. The second-order valence-corrected chi connectivity index (χ2v) is 11.2. The van der Waals surface area contributed by atoms with Crippen molar-refractivity contribution in [1.82, 2.24) is 41.7 Å². The summed E-state index contributed by atoms with van der Waals surface area (Å²) in [4.78, 5) is 49.2. The third kappa shape index (κ3) is 16.4. The van der Waals surface area contributed by atoms with E-state index in [1.807, 2.05) is 24.3 Å². The number of unbranched alkanes of at least 4 members (excludes halogenated alkanes) is 1. The number of rotatable bonds is 19. The first-order chi connectivity index (χ1) is 21.5. The normalized spacial score (nSPS) is 11.8. The number of carbonyl (C=O) groups excluding carboxylic acids is 4. The van der Waals surface area contributed by atoms with Crippen LogP contribution >= 0.6 is 0 Å². The highest BCUT2D eigenvalue weighted by Gasteiger charge is 2.20. The van der Waals surface area contributed by atoms with Crippen LogP contribution in [0.1, 0.15) is 57.8 Å². The van der Waals surface area contributed by atoms with E-state index in [1.54, 1.807) is 27.7 Å². The van der Waals surface area contributed by atoms with Crippen molar-refractivity contribution >= 4 is 23.8 Å².